The molecule has 3 heterocycles. The van der Waals surface area contributed by atoms with E-state index in [4.69, 9.17) is 5.73 Å². The topological polar surface area (TPSA) is 104 Å². The van der Waals surface area contributed by atoms with E-state index in [1.165, 1.54) is 6.33 Å². The Morgan fingerprint density at radius 1 is 1.35 bits per heavy atom. The molecule has 2 aromatic heterocycles. The summed E-state index contributed by atoms with van der Waals surface area (Å²) in [6.07, 6.45) is 3.28. The number of nitrogens with two attached hydrogens (primary N) is 1. The first-order valence-corrected chi connectivity index (χ1v) is 8.73. The fourth-order valence-electron chi connectivity index (χ4n) is 3.73. The molecule has 26 heavy (non-hydrogen) atoms. The fraction of sp³-hybridized carbons (Fsp3) is 0.316. The molecule has 1 saturated heterocycles. The first kappa shape index (κ1) is 16.4. The Kier molecular flexibility index (Phi) is 4.19. The van der Waals surface area contributed by atoms with Crippen molar-refractivity contribution in [2.75, 3.05) is 18.0 Å². The third-order valence-corrected chi connectivity index (χ3v) is 4.87. The second kappa shape index (κ2) is 6.65. The highest BCUT2D eigenvalue weighted by Crippen LogP contribution is 2.32. The molecule has 3 aromatic rings. The summed E-state index contributed by atoms with van der Waals surface area (Å²) in [6.45, 7) is 1.97. The van der Waals surface area contributed by atoms with Gasteiger partial charge in [-0.25, -0.2) is 4.98 Å². The minimum absolute atomic E-state index is 0.0599. The van der Waals surface area contributed by atoms with Gasteiger partial charge in [0.25, 0.3) is 5.56 Å². The highest BCUT2D eigenvalue weighted by molar-refractivity contribution is 5.89. The molecule has 1 aromatic carbocycles. The Morgan fingerprint density at radius 2 is 2.15 bits per heavy atom. The summed E-state index contributed by atoms with van der Waals surface area (Å²) in [7, 11) is 0. The second-order valence-corrected chi connectivity index (χ2v) is 6.66. The van der Waals surface area contributed by atoms with Gasteiger partial charge in [-0.15, -0.1) is 0 Å². The lowest BCUT2D eigenvalue weighted by atomic mass is 10.1. The maximum Gasteiger partial charge on any atom is 0.275 e. The predicted molar refractivity (Wildman–Crippen MR) is 100 cm³/mol. The quantitative estimate of drug-likeness (QED) is 0.748. The van der Waals surface area contributed by atoms with E-state index in [2.05, 4.69) is 20.9 Å². The van der Waals surface area contributed by atoms with Crippen molar-refractivity contribution in [3.63, 3.8) is 0 Å². The molecule has 0 radical (unpaired) electrons. The molecule has 0 saturated carbocycles. The van der Waals surface area contributed by atoms with Crippen LogP contribution in [0.15, 0.2) is 41.5 Å². The average Bonchev–Trinajstić information content (AvgIpc) is 2.97. The standard InChI is InChI=1S/C19H20N6O/c20-9-15-16-17(18(26)23-12-22-16)25(10-13-5-2-1-3-6-13)19(15)24-8-4-7-14(21)11-24/h1-3,5-6,12,14H,4,7-8,10-11,21H2,(H,22,23,26)/t14-/m0/s1. The van der Waals surface area contributed by atoms with Gasteiger partial charge in [-0.05, 0) is 18.4 Å². The van der Waals surface area contributed by atoms with E-state index in [0.29, 0.717) is 29.7 Å². The Morgan fingerprint density at radius 3 is 2.88 bits per heavy atom. The summed E-state index contributed by atoms with van der Waals surface area (Å²) in [5.41, 5.74) is 8.30. The minimum atomic E-state index is -0.241. The summed E-state index contributed by atoms with van der Waals surface area (Å²) >= 11 is 0. The van der Waals surface area contributed by atoms with Crippen LogP contribution >= 0.6 is 0 Å². The first-order valence-electron chi connectivity index (χ1n) is 8.73. The van der Waals surface area contributed by atoms with Crippen LogP contribution in [0.1, 0.15) is 24.0 Å². The highest BCUT2D eigenvalue weighted by Gasteiger charge is 2.27. The smallest absolute Gasteiger partial charge is 0.275 e. The highest BCUT2D eigenvalue weighted by atomic mass is 16.1. The molecule has 132 valence electrons. The number of nitrogens with zero attached hydrogens (tertiary/aromatic N) is 4. The molecule has 4 rings (SSSR count). The van der Waals surface area contributed by atoms with Crippen molar-refractivity contribution >= 4 is 16.9 Å². The zero-order valence-corrected chi connectivity index (χ0v) is 14.4. The lowest BCUT2D eigenvalue weighted by molar-refractivity contribution is 0.498. The number of anilines is 1. The van der Waals surface area contributed by atoms with Gasteiger partial charge < -0.3 is 20.2 Å². The molecule has 1 aliphatic rings. The van der Waals surface area contributed by atoms with Crippen LogP contribution in [0.25, 0.3) is 11.0 Å². The third kappa shape index (κ3) is 2.74. The second-order valence-electron chi connectivity index (χ2n) is 6.66. The first-order chi connectivity index (χ1) is 12.7. The Hall–Kier alpha value is -3.11. The summed E-state index contributed by atoms with van der Waals surface area (Å²) < 4.78 is 1.91. The zero-order valence-electron chi connectivity index (χ0n) is 14.4. The fourth-order valence-corrected chi connectivity index (χ4v) is 3.73. The van der Waals surface area contributed by atoms with Crippen LogP contribution in [0.5, 0.6) is 0 Å². The SMILES string of the molecule is N#Cc1c(N2CCC[C@H](N)C2)n(Cc2ccccc2)c2c(=O)[nH]cnc12. The number of fused-ring (bicyclic) bond motifs is 1. The van der Waals surface area contributed by atoms with Crippen LogP contribution in [0.4, 0.5) is 5.82 Å². The van der Waals surface area contributed by atoms with Crippen molar-refractivity contribution in [3.8, 4) is 6.07 Å². The normalized spacial score (nSPS) is 17.4. The van der Waals surface area contributed by atoms with Crippen LogP contribution in [0.2, 0.25) is 0 Å². The van der Waals surface area contributed by atoms with Gasteiger partial charge in [0.1, 0.15) is 28.5 Å². The number of nitriles is 1. The Bertz CT molecular complexity index is 1030. The molecule has 0 aliphatic carbocycles. The van der Waals surface area contributed by atoms with Crippen molar-refractivity contribution in [2.24, 2.45) is 5.73 Å². The number of hydrogen-bond donors (Lipinski definition) is 2. The molecular formula is C19H20N6O. The number of hydrogen-bond acceptors (Lipinski definition) is 5. The largest absolute Gasteiger partial charge is 0.355 e. The van der Waals surface area contributed by atoms with Gasteiger partial charge in [-0.1, -0.05) is 30.3 Å². The van der Waals surface area contributed by atoms with Crippen molar-refractivity contribution in [3.05, 3.63) is 58.1 Å². The number of rotatable bonds is 3. The van der Waals surface area contributed by atoms with Gasteiger partial charge in [-0.2, -0.15) is 5.26 Å². The van der Waals surface area contributed by atoms with Crippen LogP contribution in [-0.4, -0.2) is 33.7 Å². The van der Waals surface area contributed by atoms with Gasteiger partial charge in [-0.3, -0.25) is 4.79 Å². The molecule has 7 heteroatoms. The van der Waals surface area contributed by atoms with E-state index < -0.39 is 0 Å². The van der Waals surface area contributed by atoms with E-state index in [9.17, 15) is 10.1 Å². The third-order valence-electron chi connectivity index (χ3n) is 4.87. The monoisotopic (exact) mass is 348 g/mol. The van der Waals surface area contributed by atoms with E-state index in [-0.39, 0.29) is 11.6 Å². The van der Waals surface area contributed by atoms with Gasteiger partial charge >= 0.3 is 0 Å². The van der Waals surface area contributed by atoms with Crippen molar-refractivity contribution < 1.29 is 0 Å². The van der Waals surface area contributed by atoms with E-state index in [1.54, 1.807) is 0 Å². The molecule has 0 bridgehead atoms. The molecule has 0 amide bonds. The van der Waals surface area contributed by atoms with Crippen molar-refractivity contribution in [2.45, 2.75) is 25.4 Å². The maximum atomic E-state index is 12.5. The number of aromatic amines is 1. The van der Waals surface area contributed by atoms with Crippen LogP contribution in [0, 0.1) is 11.3 Å². The minimum Gasteiger partial charge on any atom is -0.355 e. The van der Waals surface area contributed by atoms with Gasteiger partial charge in [0.2, 0.25) is 0 Å². The van der Waals surface area contributed by atoms with E-state index in [1.807, 2.05) is 34.9 Å². The summed E-state index contributed by atoms with van der Waals surface area (Å²) in [5, 5.41) is 9.81. The van der Waals surface area contributed by atoms with E-state index in [0.717, 1.165) is 30.8 Å². The molecule has 1 fully saturated rings. The maximum absolute atomic E-state index is 12.5. The van der Waals surface area contributed by atoms with Gasteiger partial charge in [0, 0.05) is 25.7 Å². The average molecular weight is 348 g/mol. The number of aromatic nitrogens is 3. The number of piperidine rings is 1. The lowest BCUT2D eigenvalue weighted by Crippen LogP contribution is -2.44. The molecule has 7 nitrogen and oxygen atoms in total. The zero-order chi connectivity index (χ0) is 18.1. The Balaban J connectivity index is 1.96. The van der Waals surface area contributed by atoms with Crippen LogP contribution in [-0.2, 0) is 6.54 Å². The molecule has 3 N–H and O–H groups in total. The van der Waals surface area contributed by atoms with Gasteiger partial charge in [0.15, 0.2) is 0 Å². The summed E-state index contributed by atoms with van der Waals surface area (Å²) in [4.78, 5) is 21.6. The molecule has 1 aliphatic heterocycles. The molecule has 1 atom stereocenters. The van der Waals surface area contributed by atoms with Crippen molar-refractivity contribution in [1.82, 2.24) is 14.5 Å². The van der Waals surface area contributed by atoms with Crippen molar-refractivity contribution in [1.29, 1.82) is 5.26 Å². The number of H-pyrrole nitrogens is 1. The number of nitrogens with one attached hydrogen (secondary N) is 1. The van der Waals surface area contributed by atoms with Crippen LogP contribution < -0.4 is 16.2 Å². The van der Waals surface area contributed by atoms with E-state index >= 15 is 0 Å². The Labute approximate surface area is 150 Å². The lowest BCUT2D eigenvalue weighted by Gasteiger charge is -2.33. The molecular weight excluding hydrogens is 328 g/mol. The summed E-state index contributed by atoms with van der Waals surface area (Å²) in [5.74, 6) is 0.741. The number of benzene rings is 1. The summed E-state index contributed by atoms with van der Waals surface area (Å²) in [6, 6.07) is 12.2. The van der Waals surface area contributed by atoms with Crippen LogP contribution in [0.3, 0.4) is 0 Å². The predicted octanol–water partition coefficient (Wildman–Crippen LogP) is 1.57. The molecule has 0 spiro atoms. The molecule has 0 unspecified atom stereocenters. The van der Waals surface area contributed by atoms with Gasteiger partial charge in [0.05, 0.1) is 6.33 Å².